The standard InChI is InChI=1S/C16H11N3O2S/c20-12-3-1-2-11(6-12)19-16-15-13(17-9-18-16)7-14(22-15)10-4-5-21-8-10/h1-9,20H,(H,17,18,19). The maximum atomic E-state index is 9.55. The lowest BCUT2D eigenvalue weighted by Gasteiger charge is -2.06. The molecule has 6 heteroatoms. The lowest BCUT2D eigenvalue weighted by atomic mass is 10.2. The molecule has 4 aromatic rings. The zero-order chi connectivity index (χ0) is 14.9. The van der Waals surface area contributed by atoms with Crippen LogP contribution < -0.4 is 5.32 Å². The van der Waals surface area contributed by atoms with Crippen molar-refractivity contribution >= 4 is 33.1 Å². The van der Waals surface area contributed by atoms with E-state index in [0.717, 1.165) is 32.2 Å². The minimum atomic E-state index is 0.209. The minimum absolute atomic E-state index is 0.209. The van der Waals surface area contributed by atoms with Crippen molar-refractivity contribution in [2.24, 2.45) is 0 Å². The summed E-state index contributed by atoms with van der Waals surface area (Å²) in [5, 5.41) is 12.8. The van der Waals surface area contributed by atoms with Crippen LogP contribution in [0.1, 0.15) is 0 Å². The van der Waals surface area contributed by atoms with E-state index in [9.17, 15) is 5.11 Å². The van der Waals surface area contributed by atoms with Crippen molar-refractivity contribution in [1.82, 2.24) is 9.97 Å². The van der Waals surface area contributed by atoms with Crippen molar-refractivity contribution in [2.75, 3.05) is 5.32 Å². The number of fused-ring (bicyclic) bond motifs is 1. The van der Waals surface area contributed by atoms with Gasteiger partial charge in [0.1, 0.15) is 12.1 Å². The van der Waals surface area contributed by atoms with Crippen molar-refractivity contribution in [3.05, 3.63) is 55.3 Å². The molecule has 0 bridgehead atoms. The molecule has 3 heterocycles. The van der Waals surface area contributed by atoms with Crippen LogP contribution in [0.5, 0.6) is 5.75 Å². The first-order chi connectivity index (χ1) is 10.8. The molecule has 0 unspecified atom stereocenters. The number of rotatable bonds is 3. The first-order valence-corrected chi connectivity index (χ1v) is 7.44. The summed E-state index contributed by atoms with van der Waals surface area (Å²) in [6.45, 7) is 0. The molecule has 4 rings (SSSR count). The Morgan fingerprint density at radius 3 is 2.91 bits per heavy atom. The third-order valence-corrected chi connectivity index (χ3v) is 4.41. The van der Waals surface area contributed by atoms with Crippen molar-refractivity contribution in [3.63, 3.8) is 0 Å². The van der Waals surface area contributed by atoms with E-state index in [2.05, 4.69) is 15.3 Å². The Morgan fingerprint density at radius 2 is 2.09 bits per heavy atom. The van der Waals surface area contributed by atoms with Gasteiger partial charge in [0.05, 0.1) is 22.7 Å². The molecule has 0 atom stereocenters. The van der Waals surface area contributed by atoms with E-state index in [0.29, 0.717) is 0 Å². The lowest BCUT2D eigenvalue weighted by molar-refractivity contribution is 0.475. The molecule has 108 valence electrons. The number of phenolic OH excluding ortho intramolecular Hbond substituents is 1. The molecule has 1 aromatic carbocycles. The van der Waals surface area contributed by atoms with Crippen LogP contribution >= 0.6 is 11.3 Å². The van der Waals surface area contributed by atoms with E-state index in [1.165, 1.54) is 6.33 Å². The smallest absolute Gasteiger partial charge is 0.151 e. The molecule has 3 aromatic heterocycles. The fourth-order valence-corrected chi connectivity index (χ4v) is 3.25. The molecule has 0 radical (unpaired) electrons. The molecular formula is C16H11N3O2S. The van der Waals surface area contributed by atoms with E-state index in [-0.39, 0.29) is 5.75 Å². The molecule has 0 saturated carbocycles. The molecule has 0 aliphatic rings. The van der Waals surface area contributed by atoms with Gasteiger partial charge in [-0.1, -0.05) is 6.07 Å². The number of nitrogens with zero attached hydrogens (tertiary/aromatic N) is 2. The third-order valence-electron chi connectivity index (χ3n) is 3.23. The Morgan fingerprint density at radius 1 is 1.14 bits per heavy atom. The number of aromatic hydroxyl groups is 1. The summed E-state index contributed by atoms with van der Waals surface area (Å²) in [7, 11) is 0. The van der Waals surface area contributed by atoms with Crippen LogP contribution in [-0.2, 0) is 0 Å². The van der Waals surface area contributed by atoms with Gasteiger partial charge in [0.25, 0.3) is 0 Å². The molecule has 0 aliphatic carbocycles. The number of anilines is 2. The van der Waals surface area contributed by atoms with Crippen molar-refractivity contribution in [2.45, 2.75) is 0 Å². The molecule has 0 amide bonds. The topological polar surface area (TPSA) is 71.2 Å². The second-order valence-corrected chi connectivity index (χ2v) is 5.79. The quantitative estimate of drug-likeness (QED) is 0.587. The summed E-state index contributed by atoms with van der Waals surface area (Å²) in [6, 6.07) is 10.9. The molecule has 0 aliphatic heterocycles. The molecule has 0 fully saturated rings. The summed E-state index contributed by atoms with van der Waals surface area (Å²) >= 11 is 1.60. The number of nitrogens with one attached hydrogen (secondary N) is 1. The van der Waals surface area contributed by atoms with Crippen LogP contribution in [0.15, 0.2) is 59.7 Å². The molecule has 5 nitrogen and oxygen atoms in total. The Hall–Kier alpha value is -2.86. The highest BCUT2D eigenvalue weighted by molar-refractivity contribution is 7.22. The number of aromatic nitrogens is 2. The van der Waals surface area contributed by atoms with Crippen LogP contribution in [0.2, 0.25) is 0 Å². The number of hydrogen-bond acceptors (Lipinski definition) is 6. The summed E-state index contributed by atoms with van der Waals surface area (Å²) in [6.07, 6.45) is 4.89. The number of hydrogen-bond donors (Lipinski definition) is 2. The van der Waals surface area contributed by atoms with E-state index in [4.69, 9.17) is 4.42 Å². The van der Waals surface area contributed by atoms with Crippen molar-refractivity contribution in [3.8, 4) is 16.2 Å². The molecule has 0 spiro atoms. The van der Waals surface area contributed by atoms with Crippen LogP contribution in [0.4, 0.5) is 11.5 Å². The second-order valence-electron chi connectivity index (χ2n) is 4.73. The predicted molar refractivity (Wildman–Crippen MR) is 86.5 cm³/mol. The SMILES string of the molecule is Oc1cccc(Nc2ncnc3cc(-c4ccoc4)sc23)c1. The largest absolute Gasteiger partial charge is 0.508 e. The Kier molecular flexibility index (Phi) is 3.01. The number of furan rings is 1. The van der Waals surface area contributed by atoms with Crippen molar-refractivity contribution < 1.29 is 9.52 Å². The fraction of sp³-hybridized carbons (Fsp3) is 0. The number of phenols is 1. The monoisotopic (exact) mass is 309 g/mol. The average molecular weight is 309 g/mol. The van der Waals surface area contributed by atoms with Crippen LogP contribution in [0.25, 0.3) is 20.7 Å². The van der Waals surface area contributed by atoms with Crippen molar-refractivity contribution in [1.29, 1.82) is 0 Å². The van der Waals surface area contributed by atoms with Gasteiger partial charge in [-0.3, -0.25) is 0 Å². The third kappa shape index (κ3) is 2.29. The Balaban J connectivity index is 1.78. The minimum Gasteiger partial charge on any atom is -0.508 e. The predicted octanol–water partition coefficient (Wildman–Crippen LogP) is 4.40. The maximum absolute atomic E-state index is 9.55. The number of benzene rings is 1. The van der Waals surface area contributed by atoms with E-state index < -0.39 is 0 Å². The fourth-order valence-electron chi connectivity index (χ4n) is 2.21. The van der Waals surface area contributed by atoms with Gasteiger partial charge in [-0.05, 0) is 24.3 Å². The van der Waals surface area contributed by atoms with Gasteiger partial charge in [0.2, 0.25) is 0 Å². The average Bonchev–Trinajstić information content (AvgIpc) is 3.17. The highest BCUT2D eigenvalue weighted by Crippen LogP contribution is 2.36. The lowest BCUT2D eigenvalue weighted by Crippen LogP contribution is -1.93. The zero-order valence-corrected chi connectivity index (χ0v) is 12.2. The normalized spacial score (nSPS) is 10.9. The van der Waals surface area contributed by atoms with E-state index in [1.807, 2.05) is 18.2 Å². The second kappa shape index (κ2) is 5.16. The molecule has 22 heavy (non-hydrogen) atoms. The first kappa shape index (κ1) is 12.8. The maximum Gasteiger partial charge on any atom is 0.151 e. The highest BCUT2D eigenvalue weighted by atomic mass is 32.1. The van der Waals surface area contributed by atoms with Gasteiger partial charge in [0.15, 0.2) is 5.82 Å². The highest BCUT2D eigenvalue weighted by Gasteiger charge is 2.11. The van der Waals surface area contributed by atoms with Gasteiger partial charge >= 0.3 is 0 Å². The van der Waals surface area contributed by atoms with Crippen LogP contribution in [-0.4, -0.2) is 15.1 Å². The summed E-state index contributed by atoms with van der Waals surface area (Å²) in [5.41, 5.74) is 2.67. The Bertz CT molecular complexity index is 932. The Labute approximate surface area is 129 Å². The molecular weight excluding hydrogens is 298 g/mol. The van der Waals surface area contributed by atoms with Gasteiger partial charge in [0, 0.05) is 22.2 Å². The van der Waals surface area contributed by atoms with Gasteiger partial charge in [-0.2, -0.15) is 0 Å². The first-order valence-electron chi connectivity index (χ1n) is 6.63. The number of thiophene rings is 1. The van der Waals surface area contributed by atoms with Crippen LogP contribution in [0.3, 0.4) is 0 Å². The van der Waals surface area contributed by atoms with E-state index >= 15 is 0 Å². The van der Waals surface area contributed by atoms with Gasteiger partial charge in [-0.25, -0.2) is 9.97 Å². The zero-order valence-electron chi connectivity index (χ0n) is 11.4. The van der Waals surface area contributed by atoms with E-state index in [1.54, 1.807) is 42.1 Å². The summed E-state index contributed by atoms with van der Waals surface area (Å²) in [4.78, 5) is 9.69. The molecule has 0 saturated heterocycles. The molecule has 2 N–H and O–H groups in total. The van der Waals surface area contributed by atoms with Crippen LogP contribution in [0, 0.1) is 0 Å². The van der Waals surface area contributed by atoms with Gasteiger partial charge < -0.3 is 14.8 Å². The summed E-state index contributed by atoms with van der Waals surface area (Å²) < 4.78 is 6.09. The summed E-state index contributed by atoms with van der Waals surface area (Å²) in [5.74, 6) is 0.927. The van der Waals surface area contributed by atoms with Gasteiger partial charge in [-0.15, -0.1) is 11.3 Å².